The van der Waals surface area contributed by atoms with Crippen LogP contribution < -0.4 is 10.2 Å². The molecule has 0 saturated carbocycles. The van der Waals surface area contributed by atoms with E-state index >= 15 is 0 Å². The van der Waals surface area contributed by atoms with Crippen molar-refractivity contribution in [2.24, 2.45) is 0 Å². The molecule has 0 atom stereocenters. The van der Waals surface area contributed by atoms with E-state index in [0.717, 1.165) is 18.8 Å². The quantitative estimate of drug-likeness (QED) is 0.453. The van der Waals surface area contributed by atoms with Gasteiger partial charge in [-0.05, 0) is 49.6 Å². The van der Waals surface area contributed by atoms with E-state index < -0.39 is 0 Å². The van der Waals surface area contributed by atoms with Gasteiger partial charge in [-0.3, -0.25) is 4.79 Å². The number of nitrogens with zero attached hydrogens (tertiary/aromatic N) is 2. The fourth-order valence-corrected chi connectivity index (χ4v) is 4.14. The number of carbonyl (C=O) groups is 1. The topological polar surface area (TPSA) is 63.3 Å². The summed E-state index contributed by atoms with van der Waals surface area (Å²) in [6.45, 7) is 11.1. The number of amides is 1. The first-order chi connectivity index (χ1) is 16.5. The zero-order valence-electron chi connectivity index (χ0n) is 20.8. The molecule has 1 amide bonds. The summed E-state index contributed by atoms with van der Waals surface area (Å²) in [6, 6.07) is 12.2. The number of ether oxygens (including phenoxy) is 3. The molecule has 7 nitrogen and oxygen atoms in total. The van der Waals surface area contributed by atoms with E-state index in [1.807, 2.05) is 24.3 Å². The molecule has 0 aromatic heterocycles. The molecule has 0 aliphatic carbocycles. The number of hydrogen-bond donors (Lipinski definition) is 1. The Balaban J connectivity index is 1.39. The number of nitrogens with one attached hydrogen (secondary N) is 1. The van der Waals surface area contributed by atoms with E-state index in [4.69, 9.17) is 14.2 Å². The molecule has 0 spiro atoms. The van der Waals surface area contributed by atoms with Crippen LogP contribution in [-0.4, -0.2) is 64.2 Å². The normalized spacial score (nSPS) is 13.1. The van der Waals surface area contributed by atoms with Gasteiger partial charge >= 0.3 is 0 Å². The first-order valence-corrected chi connectivity index (χ1v) is 11.8. The molecular formula is C27H37N3O4. The molecule has 1 N–H and O–H groups in total. The van der Waals surface area contributed by atoms with Gasteiger partial charge in [-0.15, -0.1) is 0 Å². The van der Waals surface area contributed by atoms with E-state index in [0.29, 0.717) is 45.1 Å². The Labute approximate surface area is 203 Å². The fraction of sp³-hybridized carbons (Fsp3) is 0.444. The minimum Gasteiger partial charge on any atom is -0.382 e. The number of anilines is 1. The molecule has 1 aliphatic heterocycles. The second-order valence-electron chi connectivity index (χ2n) is 8.57. The Bertz CT molecular complexity index is 936. The van der Waals surface area contributed by atoms with Crippen molar-refractivity contribution in [1.82, 2.24) is 10.2 Å². The summed E-state index contributed by atoms with van der Waals surface area (Å²) >= 11 is 0. The highest BCUT2D eigenvalue weighted by Crippen LogP contribution is 2.29. The van der Waals surface area contributed by atoms with Gasteiger partial charge in [0.05, 0.1) is 39.7 Å². The SMILES string of the molecule is COCCOCCOCCNC(=O)c1ccc(CN2C=CN(c3c(C)cc(C)cc3C)C2)cc1. The molecule has 0 unspecified atom stereocenters. The van der Waals surface area contributed by atoms with Gasteiger partial charge in [-0.25, -0.2) is 0 Å². The zero-order valence-corrected chi connectivity index (χ0v) is 20.8. The molecule has 0 saturated heterocycles. The van der Waals surface area contributed by atoms with Crippen molar-refractivity contribution in [3.63, 3.8) is 0 Å². The maximum absolute atomic E-state index is 12.4. The molecule has 7 heteroatoms. The molecule has 2 aromatic rings. The molecule has 2 aromatic carbocycles. The molecule has 1 aliphatic rings. The number of hydrogen-bond acceptors (Lipinski definition) is 6. The van der Waals surface area contributed by atoms with Gasteiger partial charge in [-0.1, -0.05) is 29.8 Å². The molecule has 0 bridgehead atoms. The number of aryl methyl sites for hydroxylation is 3. The van der Waals surface area contributed by atoms with Crippen LogP contribution in [0.4, 0.5) is 5.69 Å². The number of rotatable bonds is 13. The molecule has 0 fully saturated rings. The van der Waals surface area contributed by atoms with E-state index in [-0.39, 0.29) is 5.91 Å². The van der Waals surface area contributed by atoms with Crippen LogP contribution in [0.25, 0.3) is 0 Å². The maximum atomic E-state index is 12.4. The van der Waals surface area contributed by atoms with Gasteiger partial charge < -0.3 is 29.3 Å². The van der Waals surface area contributed by atoms with Gasteiger partial charge in [0.25, 0.3) is 5.91 Å². The smallest absolute Gasteiger partial charge is 0.251 e. The van der Waals surface area contributed by atoms with Crippen LogP contribution in [0.2, 0.25) is 0 Å². The van der Waals surface area contributed by atoms with Crippen molar-refractivity contribution in [2.75, 3.05) is 58.3 Å². The first-order valence-electron chi connectivity index (χ1n) is 11.8. The lowest BCUT2D eigenvalue weighted by Crippen LogP contribution is -2.28. The highest BCUT2D eigenvalue weighted by Gasteiger charge is 2.18. The fourth-order valence-electron chi connectivity index (χ4n) is 4.14. The number of carbonyl (C=O) groups excluding carboxylic acids is 1. The second kappa shape index (κ2) is 13.1. The predicted molar refractivity (Wildman–Crippen MR) is 135 cm³/mol. The van der Waals surface area contributed by atoms with E-state index in [1.54, 1.807) is 7.11 Å². The van der Waals surface area contributed by atoms with Crippen LogP contribution in [0.5, 0.6) is 0 Å². The van der Waals surface area contributed by atoms with E-state index in [1.165, 1.54) is 22.4 Å². The molecular weight excluding hydrogens is 430 g/mol. The molecule has 34 heavy (non-hydrogen) atoms. The van der Waals surface area contributed by atoms with E-state index in [2.05, 4.69) is 60.4 Å². The number of benzene rings is 2. The summed E-state index contributed by atoms with van der Waals surface area (Å²) in [6.07, 6.45) is 4.27. The van der Waals surface area contributed by atoms with Gasteiger partial charge in [0.1, 0.15) is 0 Å². The maximum Gasteiger partial charge on any atom is 0.251 e. The largest absolute Gasteiger partial charge is 0.382 e. The molecule has 1 heterocycles. The first kappa shape index (κ1) is 25.7. The lowest BCUT2D eigenvalue weighted by molar-refractivity contribution is 0.0255. The summed E-state index contributed by atoms with van der Waals surface area (Å²) < 4.78 is 15.7. The third kappa shape index (κ3) is 7.58. The minimum absolute atomic E-state index is 0.0935. The van der Waals surface area contributed by atoms with Crippen molar-refractivity contribution >= 4 is 11.6 Å². The Morgan fingerprint density at radius 3 is 2.24 bits per heavy atom. The zero-order chi connectivity index (χ0) is 24.3. The predicted octanol–water partition coefficient (Wildman–Crippen LogP) is 3.77. The summed E-state index contributed by atoms with van der Waals surface area (Å²) in [5, 5.41) is 2.89. The summed E-state index contributed by atoms with van der Waals surface area (Å²) in [5.74, 6) is -0.0935. The minimum atomic E-state index is -0.0935. The van der Waals surface area contributed by atoms with Crippen LogP contribution in [-0.2, 0) is 20.8 Å². The Kier molecular flexibility index (Phi) is 9.94. The van der Waals surface area contributed by atoms with Crippen molar-refractivity contribution in [3.05, 3.63) is 76.6 Å². The van der Waals surface area contributed by atoms with Gasteiger partial charge in [0.2, 0.25) is 0 Å². The van der Waals surface area contributed by atoms with Crippen LogP contribution in [0.1, 0.15) is 32.6 Å². The van der Waals surface area contributed by atoms with Crippen LogP contribution >= 0.6 is 0 Å². The summed E-state index contributed by atoms with van der Waals surface area (Å²) in [7, 11) is 1.64. The second-order valence-corrected chi connectivity index (χ2v) is 8.57. The van der Waals surface area contributed by atoms with Crippen molar-refractivity contribution < 1.29 is 19.0 Å². The van der Waals surface area contributed by atoms with Crippen LogP contribution in [0.3, 0.4) is 0 Å². The third-order valence-corrected chi connectivity index (χ3v) is 5.65. The lowest BCUT2D eigenvalue weighted by atomic mass is 10.0. The van der Waals surface area contributed by atoms with Crippen molar-refractivity contribution in [1.29, 1.82) is 0 Å². The molecule has 0 radical (unpaired) electrons. The van der Waals surface area contributed by atoms with Crippen LogP contribution in [0.15, 0.2) is 48.8 Å². The Morgan fingerprint density at radius 2 is 1.56 bits per heavy atom. The standard InChI is InChI=1S/C27H37N3O4/c1-21-17-22(2)26(23(3)18-21)30-11-10-29(20-30)19-24-5-7-25(8-6-24)27(31)28-9-12-33-15-16-34-14-13-32-4/h5-8,10-11,17-18H,9,12-16,19-20H2,1-4H3,(H,28,31). The Morgan fingerprint density at radius 1 is 0.912 bits per heavy atom. The van der Waals surface area contributed by atoms with Gasteiger partial charge in [0.15, 0.2) is 0 Å². The molecule has 184 valence electrons. The monoisotopic (exact) mass is 467 g/mol. The molecule has 3 rings (SSSR count). The average molecular weight is 468 g/mol. The lowest BCUT2D eigenvalue weighted by Gasteiger charge is -2.25. The van der Waals surface area contributed by atoms with Crippen LogP contribution in [0, 0.1) is 20.8 Å². The summed E-state index contributed by atoms with van der Waals surface area (Å²) in [4.78, 5) is 16.9. The third-order valence-electron chi connectivity index (χ3n) is 5.65. The van der Waals surface area contributed by atoms with Crippen molar-refractivity contribution in [3.8, 4) is 0 Å². The number of methoxy groups -OCH3 is 1. The van der Waals surface area contributed by atoms with Crippen molar-refractivity contribution in [2.45, 2.75) is 27.3 Å². The van der Waals surface area contributed by atoms with Gasteiger partial charge in [0, 0.05) is 43.9 Å². The van der Waals surface area contributed by atoms with Gasteiger partial charge in [-0.2, -0.15) is 0 Å². The van der Waals surface area contributed by atoms with E-state index in [9.17, 15) is 4.79 Å². The highest BCUT2D eigenvalue weighted by molar-refractivity contribution is 5.94. The Hall–Kier alpha value is -2.87. The highest BCUT2D eigenvalue weighted by atomic mass is 16.5. The summed E-state index contributed by atoms with van der Waals surface area (Å²) in [5.41, 5.74) is 6.96. The average Bonchev–Trinajstić information content (AvgIpc) is 3.25.